The van der Waals surface area contributed by atoms with Crippen LogP contribution in [0.2, 0.25) is 0 Å². The van der Waals surface area contributed by atoms with Crippen LogP contribution in [-0.4, -0.2) is 23.9 Å². The summed E-state index contributed by atoms with van der Waals surface area (Å²) in [5.41, 5.74) is 3.28. The molecule has 1 fully saturated rings. The van der Waals surface area contributed by atoms with E-state index in [4.69, 9.17) is 4.74 Å². The van der Waals surface area contributed by atoms with Crippen LogP contribution < -0.4 is 4.74 Å². The lowest BCUT2D eigenvalue weighted by Gasteiger charge is -2.31. The van der Waals surface area contributed by atoms with Crippen molar-refractivity contribution in [2.45, 2.75) is 52.6 Å². The molecule has 0 bridgehead atoms. The van der Waals surface area contributed by atoms with Gasteiger partial charge in [0.2, 0.25) is 0 Å². The summed E-state index contributed by atoms with van der Waals surface area (Å²) in [6.07, 6.45) is 2.32. The van der Waals surface area contributed by atoms with Crippen LogP contribution >= 0.6 is 0 Å². The molecule has 1 saturated heterocycles. The Kier molecular flexibility index (Phi) is 5.88. The first kappa shape index (κ1) is 19.5. The molecule has 1 aliphatic heterocycles. The van der Waals surface area contributed by atoms with Gasteiger partial charge in [0.25, 0.3) is 5.91 Å². The molecular formula is C24H31NO2. The predicted octanol–water partition coefficient (Wildman–Crippen LogP) is 5.44. The van der Waals surface area contributed by atoms with E-state index in [-0.39, 0.29) is 11.3 Å². The highest BCUT2D eigenvalue weighted by atomic mass is 16.5. The smallest absolute Gasteiger partial charge is 0.253 e. The van der Waals surface area contributed by atoms with Crippen molar-refractivity contribution in [3.05, 3.63) is 65.2 Å². The molecule has 2 aromatic rings. The average Bonchev–Trinajstić information content (AvgIpc) is 2.66. The number of ether oxygens (including phenoxy) is 1. The van der Waals surface area contributed by atoms with Gasteiger partial charge in [0, 0.05) is 18.7 Å². The van der Waals surface area contributed by atoms with E-state index < -0.39 is 0 Å². The zero-order valence-electron chi connectivity index (χ0n) is 17.0. The minimum Gasteiger partial charge on any atom is -0.489 e. The molecule has 1 amide bonds. The second kappa shape index (κ2) is 8.16. The number of benzene rings is 2. The molecule has 1 heterocycles. The quantitative estimate of drug-likeness (QED) is 0.722. The Balaban J connectivity index is 1.57. The Morgan fingerprint density at radius 2 is 1.74 bits per heavy atom. The Morgan fingerprint density at radius 1 is 1.07 bits per heavy atom. The second-order valence-corrected chi connectivity index (χ2v) is 8.76. The van der Waals surface area contributed by atoms with Crippen LogP contribution in [0, 0.1) is 5.92 Å². The minimum atomic E-state index is 0.145. The van der Waals surface area contributed by atoms with Crippen molar-refractivity contribution in [2.75, 3.05) is 13.1 Å². The van der Waals surface area contributed by atoms with Crippen molar-refractivity contribution in [1.29, 1.82) is 0 Å². The van der Waals surface area contributed by atoms with Gasteiger partial charge in [-0.1, -0.05) is 52.0 Å². The van der Waals surface area contributed by atoms with Crippen molar-refractivity contribution in [3.63, 3.8) is 0 Å². The van der Waals surface area contributed by atoms with Gasteiger partial charge in [-0.25, -0.2) is 0 Å². The fourth-order valence-corrected chi connectivity index (χ4v) is 3.52. The highest BCUT2D eigenvalue weighted by Crippen LogP contribution is 2.24. The van der Waals surface area contributed by atoms with Crippen LogP contribution in [0.25, 0.3) is 0 Å². The fourth-order valence-electron chi connectivity index (χ4n) is 3.52. The molecule has 144 valence electrons. The Labute approximate surface area is 163 Å². The van der Waals surface area contributed by atoms with Crippen molar-refractivity contribution >= 4 is 5.91 Å². The highest BCUT2D eigenvalue weighted by molar-refractivity contribution is 5.94. The van der Waals surface area contributed by atoms with E-state index in [1.54, 1.807) is 0 Å². The van der Waals surface area contributed by atoms with E-state index in [1.165, 1.54) is 12.0 Å². The molecule has 0 radical (unpaired) electrons. The molecule has 0 aromatic heterocycles. The predicted molar refractivity (Wildman–Crippen MR) is 110 cm³/mol. The van der Waals surface area contributed by atoms with Gasteiger partial charge in [0.15, 0.2) is 0 Å². The van der Waals surface area contributed by atoms with Crippen molar-refractivity contribution < 1.29 is 9.53 Å². The third-order valence-corrected chi connectivity index (χ3v) is 5.27. The van der Waals surface area contributed by atoms with Crippen LogP contribution in [0.4, 0.5) is 0 Å². The first-order chi connectivity index (χ1) is 12.8. The van der Waals surface area contributed by atoms with Crippen LogP contribution in [0.1, 0.15) is 62.0 Å². The van der Waals surface area contributed by atoms with Gasteiger partial charge in [-0.15, -0.1) is 0 Å². The number of carbonyl (C=O) groups is 1. The molecule has 0 unspecified atom stereocenters. The molecule has 2 aromatic carbocycles. The van der Waals surface area contributed by atoms with Gasteiger partial charge >= 0.3 is 0 Å². The van der Waals surface area contributed by atoms with Gasteiger partial charge in [-0.2, -0.15) is 0 Å². The topological polar surface area (TPSA) is 29.5 Å². The summed E-state index contributed by atoms with van der Waals surface area (Å²) in [5.74, 6) is 1.61. The normalized spacial score (nSPS) is 17.6. The summed E-state index contributed by atoms with van der Waals surface area (Å²) in [6, 6.07) is 16.1. The summed E-state index contributed by atoms with van der Waals surface area (Å²) in [5, 5.41) is 0. The number of nitrogens with zero attached hydrogens (tertiary/aromatic N) is 1. The monoisotopic (exact) mass is 365 g/mol. The third kappa shape index (κ3) is 5.12. The lowest BCUT2D eigenvalue weighted by molar-refractivity contribution is 0.0683. The van der Waals surface area contributed by atoms with Crippen LogP contribution in [0.3, 0.4) is 0 Å². The summed E-state index contributed by atoms with van der Waals surface area (Å²) in [7, 11) is 0. The van der Waals surface area contributed by atoms with E-state index in [0.717, 1.165) is 36.4 Å². The summed E-state index contributed by atoms with van der Waals surface area (Å²) < 4.78 is 5.90. The van der Waals surface area contributed by atoms with E-state index in [0.29, 0.717) is 12.5 Å². The molecule has 1 aliphatic rings. The van der Waals surface area contributed by atoms with E-state index in [2.05, 4.69) is 39.8 Å². The number of piperidine rings is 1. The molecule has 3 heteroatoms. The number of rotatable bonds is 4. The average molecular weight is 366 g/mol. The molecule has 3 rings (SSSR count). The first-order valence-corrected chi connectivity index (χ1v) is 9.94. The van der Waals surface area contributed by atoms with Gasteiger partial charge in [-0.05, 0) is 59.6 Å². The van der Waals surface area contributed by atoms with Crippen LogP contribution in [-0.2, 0) is 12.0 Å². The summed E-state index contributed by atoms with van der Waals surface area (Å²) in [6.45, 7) is 11.1. The Hall–Kier alpha value is -2.29. The fraction of sp³-hybridized carbons (Fsp3) is 0.458. The molecule has 3 nitrogen and oxygen atoms in total. The van der Waals surface area contributed by atoms with Gasteiger partial charge in [0.1, 0.15) is 12.4 Å². The molecule has 0 spiro atoms. The number of hydrogen-bond donors (Lipinski definition) is 0. The van der Waals surface area contributed by atoms with Crippen molar-refractivity contribution in [2.24, 2.45) is 5.92 Å². The number of amides is 1. The van der Waals surface area contributed by atoms with Crippen LogP contribution in [0.5, 0.6) is 5.75 Å². The zero-order valence-corrected chi connectivity index (χ0v) is 17.0. The number of carbonyl (C=O) groups excluding carboxylic acids is 1. The molecule has 0 aliphatic carbocycles. The highest BCUT2D eigenvalue weighted by Gasteiger charge is 2.21. The first-order valence-electron chi connectivity index (χ1n) is 9.94. The van der Waals surface area contributed by atoms with E-state index >= 15 is 0 Å². The molecule has 27 heavy (non-hydrogen) atoms. The zero-order chi connectivity index (χ0) is 19.4. The molecule has 0 saturated carbocycles. The van der Waals surface area contributed by atoms with Gasteiger partial charge < -0.3 is 9.64 Å². The number of likely N-dealkylation sites (tertiary alicyclic amines) is 1. The molecule has 0 N–H and O–H groups in total. The SMILES string of the molecule is C[C@@H]1CCCN(C(=O)c2ccc(COc3ccc(C(C)(C)C)cc3)cc2)C1. The van der Waals surface area contributed by atoms with Crippen molar-refractivity contribution in [3.8, 4) is 5.75 Å². The van der Waals surface area contributed by atoms with E-state index in [1.807, 2.05) is 41.3 Å². The van der Waals surface area contributed by atoms with Crippen LogP contribution in [0.15, 0.2) is 48.5 Å². The van der Waals surface area contributed by atoms with Gasteiger partial charge in [0.05, 0.1) is 0 Å². The lowest BCUT2D eigenvalue weighted by atomic mass is 9.87. The summed E-state index contributed by atoms with van der Waals surface area (Å²) in [4.78, 5) is 14.6. The molecule has 1 atom stereocenters. The Morgan fingerprint density at radius 3 is 2.33 bits per heavy atom. The third-order valence-electron chi connectivity index (χ3n) is 5.27. The summed E-state index contributed by atoms with van der Waals surface area (Å²) >= 11 is 0. The number of hydrogen-bond acceptors (Lipinski definition) is 2. The lowest BCUT2D eigenvalue weighted by Crippen LogP contribution is -2.39. The maximum Gasteiger partial charge on any atom is 0.253 e. The van der Waals surface area contributed by atoms with Crippen molar-refractivity contribution in [1.82, 2.24) is 4.90 Å². The standard InChI is InChI=1S/C24H31NO2/c1-18-6-5-15-25(16-18)23(26)20-9-7-19(8-10-20)17-27-22-13-11-21(12-14-22)24(2,3)4/h7-14,18H,5-6,15-17H2,1-4H3/t18-/m1/s1. The maximum absolute atomic E-state index is 12.6. The Bertz CT molecular complexity index is 756. The minimum absolute atomic E-state index is 0.145. The second-order valence-electron chi connectivity index (χ2n) is 8.76. The molecular weight excluding hydrogens is 334 g/mol. The van der Waals surface area contributed by atoms with Gasteiger partial charge in [-0.3, -0.25) is 4.79 Å². The maximum atomic E-state index is 12.6. The van der Waals surface area contributed by atoms with E-state index in [9.17, 15) is 4.79 Å². The largest absolute Gasteiger partial charge is 0.489 e.